The third-order valence-corrected chi connectivity index (χ3v) is 4.01. The van der Waals surface area contributed by atoms with Gasteiger partial charge in [0, 0.05) is 18.1 Å². The summed E-state index contributed by atoms with van der Waals surface area (Å²) in [5, 5.41) is 8.73. The van der Waals surface area contributed by atoms with Crippen molar-refractivity contribution in [3.05, 3.63) is 35.1 Å². The highest BCUT2D eigenvalue weighted by atomic mass is 32.2. The Hall–Kier alpha value is -1.07. The van der Waals surface area contributed by atoms with E-state index in [1.165, 1.54) is 6.07 Å². The summed E-state index contributed by atoms with van der Waals surface area (Å²) in [4.78, 5) is 10.7. The molecule has 3 nitrogen and oxygen atoms in total. The molecular weight excluding hydrogens is 255 g/mol. The Morgan fingerprint density at radius 1 is 1.56 bits per heavy atom. The third kappa shape index (κ3) is 3.46. The molecular formula is C13H15FO3S. The highest BCUT2D eigenvalue weighted by Crippen LogP contribution is 2.22. The van der Waals surface area contributed by atoms with E-state index in [2.05, 4.69) is 0 Å². The van der Waals surface area contributed by atoms with E-state index in [0.717, 1.165) is 31.3 Å². The number of hydrogen-bond acceptors (Lipinski definition) is 3. The fraction of sp³-hybridized carbons (Fsp3) is 0.462. The van der Waals surface area contributed by atoms with Gasteiger partial charge < -0.3 is 9.84 Å². The van der Waals surface area contributed by atoms with Gasteiger partial charge in [0.2, 0.25) is 0 Å². The SMILES string of the molecule is O=C(O)c1ccc(CSCC2CCCO2)c(F)c1. The molecule has 0 bridgehead atoms. The Kier molecular flexibility index (Phi) is 4.60. The minimum absolute atomic E-state index is 0.0135. The number of halogens is 1. The standard InChI is InChI=1S/C13H15FO3S/c14-12-6-9(13(15)16)3-4-10(12)7-18-8-11-2-1-5-17-11/h3-4,6,11H,1-2,5,7-8H2,(H,15,16). The van der Waals surface area contributed by atoms with Crippen LogP contribution in [0.25, 0.3) is 0 Å². The van der Waals surface area contributed by atoms with E-state index in [9.17, 15) is 9.18 Å². The molecule has 1 aromatic carbocycles. The first-order valence-electron chi connectivity index (χ1n) is 5.88. The maximum atomic E-state index is 13.6. The van der Waals surface area contributed by atoms with E-state index in [-0.39, 0.29) is 11.7 Å². The van der Waals surface area contributed by atoms with E-state index in [4.69, 9.17) is 9.84 Å². The van der Waals surface area contributed by atoms with Crippen molar-refractivity contribution >= 4 is 17.7 Å². The molecule has 1 saturated heterocycles. The average molecular weight is 270 g/mol. The van der Waals surface area contributed by atoms with Crippen molar-refractivity contribution in [1.82, 2.24) is 0 Å². The molecule has 1 heterocycles. The largest absolute Gasteiger partial charge is 0.478 e. The van der Waals surface area contributed by atoms with Gasteiger partial charge in [-0.3, -0.25) is 0 Å². The van der Waals surface area contributed by atoms with E-state index >= 15 is 0 Å². The average Bonchev–Trinajstić information content (AvgIpc) is 2.84. The zero-order valence-corrected chi connectivity index (χ0v) is 10.7. The summed E-state index contributed by atoms with van der Waals surface area (Å²) < 4.78 is 19.1. The molecule has 98 valence electrons. The van der Waals surface area contributed by atoms with Crippen LogP contribution in [0.1, 0.15) is 28.8 Å². The zero-order chi connectivity index (χ0) is 13.0. The molecule has 5 heteroatoms. The van der Waals surface area contributed by atoms with Gasteiger partial charge in [-0.15, -0.1) is 0 Å². The number of benzene rings is 1. The molecule has 0 spiro atoms. The van der Waals surface area contributed by atoms with Crippen LogP contribution >= 0.6 is 11.8 Å². The number of ether oxygens (including phenoxy) is 1. The Morgan fingerprint density at radius 3 is 3.00 bits per heavy atom. The lowest BCUT2D eigenvalue weighted by molar-refractivity contribution is 0.0696. The van der Waals surface area contributed by atoms with Crippen LogP contribution in [0.3, 0.4) is 0 Å². The van der Waals surface area contributed by atoms with Crippen molar-refractivity contribution in [3.8, 4) is 0 Å². The molecule has 1 aliphatic rings. The summed E-state index contributed by atoms with van der Waals surface area (Å²) in [6.45, 7) is 0.826. The number of thioether (sulfide) groups is 1. The first-order chi connectivity index (χ1) is 8.66. The molecule has 0 radical (unpaired) electrons. The number of aromatic carboxylic acids is 1. The number of carbonyl (C=O) groups is 1. The fourth-order valence-electron chi connectivity index (χ4n) is 1.87. The van der Waals surface area contributed by atoms with Gasteiger partial charge in [-0.1, -0.05) is 6.07 Å². The van der Waals surface area contributed by atoms with E-state index in [0.29, 0.717) is 11.3 Å². The lowest BCUT2D eigenvalue weighted by Crippen LogP contribution is -2.08. The fourth-order valence-corrected chi connectivity index (χ4v) is 2.97. The van der Waals surface area contributed by atoms with E-state index in [1.807, 2.05) is 0 Å². The van der Waals surface area contributed by atoms with Crippen LogP contribution in [0.2, 0.25) is 0 Å². The Morgan fingerprint density at radius 2 is 2.39 bits per heavy atom. The van der Waals surface area contributed by atoms with Crippen molar-refractivity contribution in [2.45, 2.75) is 24.7 Å². The Labute approximate surface area is 109 Å². The molecule has 1 N–H and O–H groups in total. The lowest BCUT2D eigenvalue weighted by atomic mass is 10.1. The summed E-state index contributed by atoms with van der Waals surface area (Å²) >= 11 is 1.62. The predicted octanol–water partition coefficient (Wildman–Crippen LogP) is 2.94. The van der Waals surface area contributed by atoms with Gasteiger partial charge in [0.15, 0.2) is 0 Å². The predicted molar refractivity (Wildman–Crippen MR) is 68.5 cm³/mol. The monoisotopic (exact) mass is 270 g/mol. The van der Waals surface area contributed by atoms with Gasteiger partial charge in [-0.25, -0.2) is 9.18 Å². The van der Waals surface area contributed by atoms with Crippen LogP contribution in [0.4, 0.5) is 4.39 Å². The first kappa shape index (κ1) is 13.4. The van der Waals surface area contributed by atoms with Crippen LogP contribution in [-0.2, 0) is 10.5 Å². The van der Waals surface area contributed by atoms with Gasteiger partial charge in [0.1, 0.15) is 5.82 Å². The van der Waals surface area contributed by atoms with Crippen molar-refractivity contribution in [2.75, 3.05) is 12.4 Å². The molecule has 1 unspecified atom stereocenters. The van der Waals surface area contributed by atoms with Crippen LogP contribution in [-0.4, -0.2) is 29.5 Å². The first-order valence-corrected chi connectivity index (χ1v) is 7.03. The summed E-state index contributed by atoms with van der Waals surface area (Å²) in [7, 11) is 0. The Bertz CT molecular complexity index is 430. The van der Waals surface area contributed by atoms with Gasteiger partial charge in [0.25, 0.3) is 0 Å². The maximum absolute atomic E-state index is 13.6. The van der Waals surface area contributed by atoms with Gasteiger partial charge in [0.05, 0.1) is 11.7 Å². The third-order valence-electron chi connectivity index (χ3n) is 2.89. The van der Waals surface area contributed by atoms with Crippen LogP contribution in [0.15, 0.2) is 18.2 Å². The van der Waals surface area contributed by atoms with Gasteiger partial charge in [-0.05, 0) is 30.5 Å². The molecule has 0 aromatic heterocycles. The summed E-state index contributed by atoms with van der Waals surface area (Å²) in [6, 6.07) is 4.05. The number of carboxylic acids is 1. The topological polar surface area (TPSA) is 46.5 Å². The molecule has 1 aliphatic heterocycles. The quantitative estimate of drug-likeness (QED) is 0.893. The normalized spacial score (nSPS) is 19.1. The lowest BCUT2D eigenvalue weighted by Gasteiger charge is -2.09. The molecule has 0 saturated carbocycles. The minimum Gasteiger partial charge on any atom is -0.478 e. The molecule has 1 aromatic rings. The molecule has 2 rings (SSSR count). The van der Waals surface area contributed by atoms with Crippen LogP contribution < -0.4 is 0 Å². The maximum Gasteiger partial charge on any atom is 0.335 e. The second kappa shape index (κ2) is 6.20. The van der Waals surface area contributed by atoms with Gasteiger partial charge in [-0.2, -0.15) is 11.8 Å². The zero-order valence-electron chi connectivity index (χ0n) is 9.89. The van der Waals surface area contributed by atoms with Crippen molar-refractivity contribution < 1.29 is 19.0 Å². The van der Waals surface area contributed by atoms with E-state index < -0.39 is 11.8 Å². The minimum atomic E-state index is -1.10. The second-order valence-corrected chi connectivity index (χ2v) is 5.29. The molecule has 1 fully saturated rings. The number of hydrogen-bond donors (Lipinski definition) is 1. The molecule has 0 amide bonds. The summed E-state index contributed by atoms with van der Waals surface area (Å²) in [5.74, 6) is -0.145. The molecule has 1 atom stereocenters. The number of rotatable bonds is 5. The smallest absolute Gasteiger partial charge is 0.335 e. The summed E-state index contributed by atoms with van der Waals surface area (Å²) in [6.07, 6.45) is 2.47. The highest BCUT2D eigenvalue weighted by Gasteiger charge is 2.15. The molecule has 0 aliphatic carbocycles. The Balaban J connectivity index is 1.87. The van der Waals surface area contributed by atoms with E-state index in [1.54, 1.807) is 17.8 Å². The van der Waals surface area contributed by atoms with Gasteiger partial charge >= 0.3 is 5.97 Å². The second-order valence-electron chi connectivity index (χ2n) is 4.26. The highest BCUT2D eigenvalue weighted by molar-refractivity contribution is 7.98. The molecule has 18 heavy (non-hydrogen) atoms. The number of carboxylic acid groups (broad SMARTS) is 1. The van der Waals surface area contributed by atoms with Crippen LogP contribution in [0.5, 0.6) is 0 Å². The summed E-state index contributed by atoms with van der Waals surface area (Å²) in [5.41, 5.74) is 0.531. The van der Waals surface area contributed by atoms with Crippen molar-refractivity contribution in [1.29, 1.82) is 0 Å². The van der Waals surface area contributed by atoms with Crippen molar-refractivity contribution in [3.63, 3.8) is 0 Å². The van der Waals surface area contributed by atoms with Crippen molar-refractivity contribution in [2.24, 2.45) is 0 Å². The van der Waals surface area contributed by atoms with Crippen LogP contribution in [0, 0.1) is 5.82 Å².